The number of hydrogen-bond acceptors (Lipinski definition) is 5. The van der Waals surface area contributed by atoms with Crippen LogP contribution in [0.25, 0.3) is 31.6 Å². The maximum absolute atomic E-state index is 13.0. The van der Waals surface area contributed by atoms with Gasteiger partial charge >= 0.3 is 5.97 Å². The third-order valence-electron chi connectivity index (χ3n) is 9.85. The summed E-state index contributed by atoms with van der Waals surface area (Å²) in [6.07, 6.45) is 3.24. The Morgan fingerprint density at radius 3 is 2.16 bits per heavy atom. The first-order chi connectivity index (χ1) is 23.7. The van der Waals surface area contributed by atoms with Gasteiger partial charge in [-0.05, 0) is 77.3 Å². The highest BCUT2D eigenvalue weighted by Gasteiger charge is 2.50. The zero-order valence-electron chi connectivity index (χ0n) is 29.1. The lowest BCUT2D eigenvalue weighted by molar-refractivity contribution is 0.0526. The van der Waals surface area contributed by atoms with Gasteiger partial charge in [0.25, 0.3) is 8.32 Å². The number of aromatic nitrogens is 1. The number of methoxy groups -OCH3 is 1. The van der Waals surface area contributed by atoms with Crippen molar-refractivity contribution < 1.29 is 18.7 Å². The number of fused-ring (bicyclic) bond motifs is 2. The molecule has 1 aliphatic rings. The lowest BCUT2D eigenvalue weighted by atomic mass is 10.0. The molecular formula is C42H45NO4SSi. The van der Waals surface area contributed by atoms with E-state index in [-0.39, 0.29) is 11.0 Å². The number of benzene rings is 4. The molecule has 0 radical (unpaired) electrons. The van der Waals surface area contributed by atoms with E-state index in [1.165, 1.54) is 50.3 Å². The summed E-state index contributed by atoms with van der Waals surface area (Å²) in [6.45, 7) is 10.7. The van der Waals surface area contributed by atoms with Gasteiger partial charge in [-0.2, -0.15) is 0 Å². The molecule has 252 valence electrons. The predicted molar refractivity (Wildman–Crippen MR) is 205 cm³/mol. The van der Waals surface area contributed by atoms with Gasteiger partial charge in [0.05, 0.1) is 29.9 Å². The fourth-order valence-corrected chi connectivity index (χ4v) is 13.3. The molecule has 0 aliphatic heterocycles. The molecule has 0 N–H and O–H groups in total. The fourth-order valence-electron chi connectivity index (χ4n) is 7.41. The zero-order valence-corrected chi connectivity index (χ0v) is 30.9. The molecule has 1 aliphatic carbocycles. The van der Waals surface area contributed by atoms with E-state index in [9.17, 15) is 4.79 Å². The summed E-state index contributed by atoms with van der Waals surface area (Å²) in [5.41, 5.74) is 4.18. The summed E-state index contributed by atoms with van der Waals surface area (Å²) < 4.78 is 22.4. The van der Waals surface area contributed by atoms with Crippen molar-refractivity contribution in [3.63, 3.8) is 0 Å². The molecule has 0 bridgehead atoms. The van der Waals surface area contributed by atoms with Gasteiger partial charge in [-0.15, -0.1) is 11.3 Å². The lowest BCUT2D eigenvalue weighted by Crippen LogP contribution is -2.66. The topological polar surface area (TPSA) is 49.7 Å². The van der Waals surface area contributed by atoms with Crippen molar-refractivity contribution in [2.75, 3.05) is 20.3 Å². The molecule has 2 heterocycles. The molecule has 6 aromatic rings. The summed E-state index contributed by atoms with van der Waals surface area (Å²) in [7, 11) is -1.06. The second-order valence-electron chi connectivity index (χ2n) is 14.1. The van der Waals surface area contributed by atoms with Crippen LogP contribution in [-0.4, -0.2) is 39.2 Å². The number of ether oxygens (including phenoxy) is 2. The summed E-state index contributed by atoms with van der Waals surface area (Å²) in [6, 6.07) is 36.5. The van der Waals surface area contributed by atoms with Crippen molar-refractivity contribution in [1.82, 2.24) is 4.57 Å². The van der Waals surface area contributed by atoms with Crippen molar-refractivity contribution in [3.05, 3.63) is 114 Å². The molecule has 4 aromatic carbocycles. The predicted octanol–water partition coefficient (Wildman–Crippen LogP) is 9.24. The van der Waals surface area contributed by atoms with Crippen LogP contribution in [0.2, 0.25) is 5.04 Å². The second kappa shape index (κ2) is 13.6. The number of para-hydroxylation sites is 1. The smallest absolute Gasteiger partial charge is 0.338 e. The first kappa shape index (κ1) is 33.3. The molecule has 2 aromatic heterocycles. The first-order valence-corrected chi connectivity index (χ1v) is 20.1. The van der Waals surface area contributed by atoms with Gasteiger partial charge in [0, 0.05) is 34.1 Å². The molecule has 1 saturated carbocycles. The van der Waals surface area contributed by atoms with E-state index in [1.54, 1.807) is 18.4 Å². The van der Waals surface area contributed by atoms with Gasteiger partial charge in [-0.1, -0.05) is 99.6 Å². The molecule has 7 rings (SSSR count). The average molecular weight is 688 g/mol. The third kappa shape index (κ3) is 6.24. The Balaban J connectivity index is 1.38. The minimum atomic E-state index is -2.75. The maximum atomic E-state index is 13.0. The highest BCUT2D eigenvalue weighted by Crippen LogP contribution is 2.46. The molecule has 0 saturated heterocycles. The minimum Gasteiger partial charge on any atom is -0.496 e. The maximum Gasteiger partial charge on any atom is 0.338 e. The van der Waals surface area contributed by atoms with Crippen LogP contribution in [0.1, 0.15) is 56.5 Å². The highest BCUT2D eigenvalue weighted by molar-refractivity contribution is 7.22. The van der Waals surface area contributed by atoms with Gasteiger partial charge in [0.1, 0.15) is 5.75 Å². The number of carbonyl (C=O) groups is 1. The molecule has 0 atom stereocenters. The van der Waals surface area contributed by atoms with Crippen molar-refractivity contribution in [3.8, 4) is 16.3 Å². The second-order valence-corrected chi connectivity index (χ2v) is 19.4. The van der Waals surface area contributed by atoms with Crippen LogP contribution in [0.5, 0.6) is 5.75 Å². The van der Waals surface area contributed by atoms with Crippen molar-refractivity contribution in [2.45, 2.75) is 58.5 Å². The number of thiophene rings is 1. The van der Waals surface area contributed by atoms with E-state index in [2.05, 4.69) is 116 Å². The van der Waals surface area contributed by atoms with Crippen molar-refractivity contribution >= 4 is 57.0 Å². The molecule has 1 fully saturated rings. The Morgan fingerprint density at radius 2 is 1.55 bits per heavy atom. The van der Waals surface area contributed by atoms with Crippen LogP contribution in [0, 0.1) is 5.92 Å². The first-order valence-electron chi connectivity index (χ1n) is 17.4. The summed E-state index contributed by atoms with van der Waals surface area (Å²) in [5, 5.41) is 4.70. The standard InChI is InChI=1S/C42H45NO4SSi/c1-6-46-41(44)31-26-37(45-5)39-34(23-24-47-49(42(2,3)4,32-16-9-7-10-17-32)33-18-11-8-12-19-33)40(48-38(39)27-31)36-25-30-15-13-14-20-35(30)43(36)28-29-21-22-29/h7-20,25-27,29H,6,21-24,28H2,1-5H3. The quantitative estimate of drug-likeness (QED) is 0.0951. The van der Waals surface area contributed by atoms with Crippen LogP contribution >= 0.6 is 11.3 Å². The van der Waals surface area contributed by atoms with E-state index < -0.39 is 8.32 Å². The van der Waals surface area contributed by atoms with E-state index in [4.69, 9.17) is 13.9 Å². The Kier molecular flexibility index (Phi) is 9.26. The zero-order chi connectivity index (χ0) is 34.2. The van der Waals surface area contributed by atoms with E-state index in [1.807, 2.05) is 19.1 Å². The SMILES string of the molecule is CCOC(=O)c1cc(OC)c2c(CCO[Si](c3ccccc3)(c3ccccc3)C(C)(C)C)c(-c3cc4ccccc4n3CC3CC3)sc2c1. The number of nitrogens with zero attached hydrogens (tertiary/aromatic N) is 1. The third-order valence-corrected chi connectivity index (χ3v) is 16.1. The molecule has 0 spiro atoms. The van der Waals surface area contributed by atoms with Crippen molar-refractivity contribution in [2.24, 2.45) is 5.92 Å². The molecule has 7 heteroatoms. The number of hydrogen-bond donors (Lipinski definition) is 0. The average Bonchev–Trinajstić information content (AvgIpc) is 3.76. The molecule has 0 amide bonds. The van der Waals surface area contributed by atoms with Crippen LogP contribution < -0.4 is 15.1 Å². The summed E-state index contributed by atoms with van der Waals surface area (Å²) >= 11 is 1.74. The largest absolute Gasteiger partial charge is 0.496 e. The van der Waals surface area contributed by atoms with Crippen LogP contribution in [0.3, 0.4) is 0 Å². The Morgan fingerprint density at radius 1 is 0.898 bits per heavy atom. The van der Waals surface area contributed by atoms with Crippen LogP contribution in [0.15, 0.2) is 103 Å². The van der Waals surface area contributed by atoms with Gasteiger partial charge in [-0.25, -0.2) is 4.79 Å². The van der Waals surface area contributed by atoms with Crippen molar-refractivity contribution in [1.29, 1.82) is 0 Å². The highest BCUT2D eigenvalue weighted by atomic mass is 32.1. The fraction of sp³-hybridized carbons (Fsp3) is 0.310. The Bertz CT molecular complexity index is 2050. The van der Waals surface area contributed by atoms with Gasteiger partial charge in [0.15, 0.2) is 0 Å². The Hall–Kier alpha value is -4.17. The molecule has 0 unspecified atom stereocenters. The normalized spacial score (nSPS) is 13.7. The van der Waals surface area contributed by atoms with Crippen LogP contribution in [0.4, 0.5) is 0 Å². The van der Waals surface area contributed by atoms with E-state index in [0.717, 1.165) is 16.6 Å². The number of rotatable bonds is 12. The van der Waals surface area contributed by atoms with Gasteiger partial charge in [-0.3, -0.25) is 0 Å². The Labute approximate surface area is 294 Å². The minimum absolute atomic E-state index is 0.127. The molecule has 49 heavy (non-hydrogen) atoms. The van der Waals surface area contributed by atoms with E-state index in [0.29, 0.717) is 36.9 Å². The van der Waals surface area contributed by atoms with E-state index >= 15 is 0 Å². The van der Waals surface area contributed by atoms with Gasteiger partial charge < -0.3 is 18.5 Å². The monoisotopic (exact) mass is 687 g/mol. The molecule has 5 nitrogen and oxygen atoms in total. The van der Waals surface area contributed by atoms with Crippen LogP contribution in [-0.2, 0) is 22.1 Å². The number of carbonyl (C=O) groups excluding carboxylic acids is 1. The molecular weight excluding hydrogens is 643 g/mol. The summed E-state index contributed by atoms with van der Waals surface area (Å²) in [5.74, 6) is 1.06. The lowest BCUT2D eigenvalue weighted by Gasteiger charge is -2.43. The van der Waals surface area contributed by atoms with Gasteiger partial charge in [0.2, 0.25) is 0 Å². The summed E-state index contributed by atoms with van der Waals surface area (Å²) in [4.78, 5) is 14.2. The number of esters is 1.